The number of hydrogen-bond donors (Lipinski definition) is 8. The van der Waals surface area contributed by atoms with Gasteiger partial charge in [0.15, 0.2) is 0 Å². The fraction of sp³-hybridized carbons (Fsp3) is 0.720. The third-order valence-electron chi connectivity index (χ3n) is 18.0. The summed E-state index contributed by atoms with van der Waals surface area (Å²) in [6.07, 6.45) is 16.5. The summed E-state index contributed by atoms with van der Waals surface area (Å²) >= 11 is 0. The molecule has 7 amide bonds. The molecule has 0 saturated heterocycles. The highest BCUT2D eigenvalue weighted by Gasteiger charge is 2.43. The SMILES string of the molecule is CC(C)(C)OC(=O)NC1CCC(N)CC1.CC(C)(C)OC(=O)OC(=O)OC(C)(C)C.CN(C(=O)OC(C)(C)C)C1CCC(N)CC1.CN(C(=O)OC(C)(C)C)C1CCC(N2C(=O)c3ccccc3C2=O)CC1.CNC1CCC(N)CC1.CNC1CCC(N2C(=O)c3ccccc3C2=O)CC1.NN. The Morgan fingerprint density at radius 1 is 0.382 bits per heavy atom. The molecule has 5 aliphatic carbocycles. The van der Waals surface area contributed by atoms with E-state index in [-0.39, 0.29) is 72.1 Å². The quantitative estimate of drug-likeness (QED) is 0.0319. The van der Waals surface area contributed by atoms with Gasteiger partial charge in [-0.3, -0.25) is 40.7 Å². The van der Waals surface area contributed by atoms with Gasteiger partial charge in [-0.15, -0.1) is 0 Å². The molecule has 9 rings (SSSR count). The van der Waals surface area contributed by atoms with E-state index in [0.717, 1.165) is 95.9 Å². The summed E-state index contributed by atoms with van der Waals surface area (Å²) in [4.78, 5) is 114. The van der Waals surface area contributed by atoms with Crippen molar-refractivity contribution < 1.29 is 71.6 Å². The molecule has 27 nitrogen and oxygen atoms in total. The number of nitrogens with two attached hydrogens (primary N) is 5. The predicted molar refractivity (Wildman–Crippen MR) is 394 cm³/mol. The van der Waals surface area contributed by atoms with Crippen LogP contribution in [0.1, 0.15) is 274 Å². The van der Waals surface area contributed by atoms with Crippen LogP contribution in [0.2, 0.25) is 0 Å². The van der Waals surface area contributed by atoms with E-state index >= 15 is 0 Å². The molecule has 0 aromatic heterocycles. The van der Waals surface area contributed by atoms with E-state index in [1.165, 1.54) is 35.5 Å². The van der Waals surface area contributed by atoms with Crippen LogP contribution in [0.15, 0.2) is 48.5 Å². The molecule has 0 atom stereocenters. The van der Waals surface area contributed by atoms with Crippen LogP contribution in [-0.2, 0) is 28.4 Å². The fourth-order valence-electron chi connectivity index (χ4n) is 12.6. The molecule has 27 heteroatoms. The highest BCUT2D eigenvalue weighted by Crippen LogP contribution is 2.34. The number of amides is 7. The number of benzene rings is 2. The summed E-state index contributed by atoms with van der Waals surface area (Å²) in [5.74, 6) is 7.37. The third-order valence-corrected chi connectivity index (χ3v) is 18.0. The molecule has 0 radical (unpaired) electrons. The van der Waals surface area contributed by atoms with Crippen LogP contribution in [0, 0.1) is 0 Å². The molecular formula is C75H128N12O15. The number of rotatable bonds is 7. The molecule has 5 fully saturated rings. The Labute approximate surface area is 607 Å². The maximum atomic E-state index is 12.6. The molecule has 2 aromatic rings. The summed E-state index contributed by atoms with van der Waals surface area (Å²) < 4.78 is 29.7. The minimum absolute atomic E-state index is 0.0660. The average molecular weight is 1440 g/mol. The fourth-order valence-corrected chi connectivity index (χ4v) is 12.6. The summed E-state index contributed by atoms with van der Waals surface area (Å²) in [5.41, 5.74) is 16.7. The van der Waals surface area contributed by atoms with Crippen molar-refractivity contribution in [2.24, 2.45) is 28.9 Å². The van der Waals surface area contributed by atoms with Crippen molar-refractivity contribution in [1.82, 2.24) is 35.6 Å². The minimum Gasteiger partial charge on any atom is -0.444 e. The van der Waals surface area contributed by atoms with Crippen molar-refractivity contribution in [3.63, 3.8) is 0 Å². The molecule has 7 aliphatic rings. The van der Waals surface area contributed by atoms with E-state index in [4.69, 9.17) is 40.9 Å². The van der Waals surface area contributed by atoms with Crippen LogP contribution >= 0.6 is 0 Å². The van der Waals surface area contributed by atoms with Crippen LogP contribution in [-0.4, -0.2) is 190 Å². The summed E-state index contributed by atoms with van der Waals surface area (Å²) in [6.45, 7) is 26.8. The number of hydrazine groups is 1. The van der Waals surface area contributed by atoms with E-state index in [1.807, 2.05) is 95.6 Å². The van der Waals surface area contributed by atoms with E-state index in [0.29, 0.717) is 59.3 Å². The van der Waals surface area contributed by atoms with Gasteiger partial charge in [0, 0.05) is 74.5 Å². The molecule has 102 heavy (non-hydrogen) atoms. The van der Waals surface area contributed by atoms with Gasteiger partial charge in [-0.2, -0.15) is 0 Å². The first-order valence-electron chi connectivity index (χ1n) is 36.3. The molecule has 0 spiro atoms. The van der Waals surface area contributed by atoms with E-state index < -0.39 is 40.3 Å². The average Bonchev–Trinajstić information content (AvgIpc) is 1.64. The molecule has 2 aliphatic heterocycles. The second kappa shape index (κ2) is 40.9. The van der Waals surface area contributed by atoms with Crippen LogP contribution in [0.3, 0.4) is 0 Å². The Balaban J connectivity index is 0.000000324. The third kappa shape index (κ3) is 31.5. The van der Waals surface area contributed by atoms with Gasteiger partial charge in [0.1, 0.15) is 28.0 Å². The molecule has 0 bridgehead atoms. The molecule has 578 valence electrons. The maximum Gasteiger partial charge on any atom is 0.519 e. The summed E-state index contributed by atoms with van der Waals surface area (Å²) in [7, 11) is 7.56. The lowest BCUT2D eigenvalue weighted by Crippen LogP contribution is -2.47. The first kappa shape index (κ1) is 89.2. The van der Waals surface area contributed by atoms with Gasteiger partial charge in [0.05, 0.1) is 22.3 Å². The highest BCUT2D eigenvalue weighted by atomic mass is 16.8. The minimum atomic E-state index is -1.06. The molecule has 2 heterocycles. The standard InChI is InChI=1S/C20H26N2O4.C15H18N2O2.C12H24N2O2.C11H22N2O2.C10H18O5.C7H16N2.H4N2/c1-20(2,3)26-19(25)21(4)13-9-11-14(12-10-13)22-17(23)15-7-5-6-8-16(15)18(22)24;1-16-10-6-8-11(9-7-10)17-14(18)12-4-2-3-5-13(12)15(17)19;1-12(2,3)16-11(15)14(4)10-7-5-9(13)6-8-10;1-11(2,3)15-10(14)13-9-6-4-8(12)5-7-9;1-9(2,3)14-7(11)13-8(12)15-10(4,5)6;1-9-7-4-2-6(8)3-5-7;1-2/h5-8,13-14H,9-12H2,1-4H3;2-5,10-11,16H,6-9H2,1H3;9-10H,5-8,13H2,1-4H3;8-9H,4-7,12H2,1-3H3,(H,13,14);1-6H3;6-7,9H,2-5,8H2,1H3;1-2H2. The number of fused-ring (bicyclic) bond motifs is 2. The zero-order valence-corrected chi connectivity index (χ0v) is 64.8. The van der Waals surface area contributed by atoms with Crippen molar-refractivity contribution in [3.05, 3.63) is 70.8 Å². The van der Waals surface area contributed by atoms with Gasteiger partial charge >= 0.3 is 30.6 Å². The number of ether oxygens (including phenoxy) is 6. The zero-order chi connectivity index (χ0) is 77.3. The topological polar surface area (TPSA) is 388 Å². The molecule has 2 aromatic carbocycles. The predicted octanol–water partition coefficient (Wildman–Crippen LogP) is 11.3. The smallest absolute Gasteiger partial charge is 0.444 e. The second-order valence-corrected chi connectivity index (χ2v) is 32.2. The second-order valence-electron chi connectivity index (χ2n) is 32.2. The summed E-state index contributed by atoms with van der Waals surface area (Å²) in [6, 6.07) is 17.0. The normalized spacial score (nSPS) is 24.0. The van der Waals surface area contributed by atoms with E-state index in [9.17, 15) is 43.2 Å². The first-order valence-corrected chi connectivity index (χ1v) is 36.3. The Morgan fingerprint density at radius 3 is 0.902 bits per heavy atom. The Morgan fingerprint density at radius 2 is 0.627 bits per heavy atom. The molecule has 0 unspecified atom stereocenters. The van der Waals surface area contributed by atoms with Crippen molar-refractivity contribution in [1.29, 1.82) is 0 Å². The highest BCUT2D eigenvalue weighted by molar-refractivity contribution is 6.22. The largest absolute Gasteiger partial charge is 0.519 e. The lowest BCUT2D eigenvalue weighted by atomic mass is 9.89. The Hall–Kier alpha value is -7.01. The molecule has 5 saturated carbocycles. The van der Waals surface area contributed by atoms with Crippen molar-refractivity contribution in [2.75, 3.05) is 28.2 Å². The Bertz CT molecular complexity index is 2890. The first-order chi connectivity index (χ1) is 47.4. The number of nitrogens with one attached hydrogen (secondary N) is 3. The lowest BCUT2D eigenvalue weighted by molar-refractivity contribution is -0.0296. The lowest BCUT2D eigenvalue weighted by Gasteiger charge is -2.37. The molecular weight excluding hydrogens is 1310 g/mol. The molecule has 13 N–H and O–H groups in total. The monoisotopic (exact) mass is 1440 g/mol. The van der Waals surface area contributed by atoms with Crippen molar-refractivity contribution in [2.45, 2.75) is 321 Å². The zero-order valence-electron chi connectivity index (χ0n) is 64.8. The van der Waals surface area contributed by atoms with Crippen LogP contribution in [0.4, 0.5) is 24.0 Å². The van der Waals surface area contributed by atoms with Gasteiger partial charge in [0.2, 0.25) is 0 Å². The van der Waals surface area contributed by atoms with Crippen LogP contribution < -0.4 is 44.8 Å². The summed E-state index contributed by atoms with van der Waals surface area (Å²) in [5, 5.41) is 9.41. The van der Waals surface area contributed by atoms with Gasteiger partial charge < -0.3 is 71.4 Å². The van der Waals surface area contributed by atoms with Crippen LogP contribution in [0.25, 0.3) is 0 Å². The van der Waals surface area contributed by atoms with Gasteiger partial charge in [0.25, 0.3) is 23.6 Å². The van der Waals surface area contributed by atoms with Gasteiger partial charge in [-0.05, 0) is 271 Å². The van der Waals surface area contributed by atoms with E-state index in [2.05, 4.69) is 32.4 Å². The van der Waals surface area contributed by atoms with Crippen LogP contribution in [0.5, 0.6) is 0 Å². The van der Waals surface area contributed by atoms with Gasteiger partial charge in [-0.1, -0.05) is 24.3 Å². The number of alkyl carbamates (subject to hydrolysis) is 1. The number of carbonyl (C=O) groups excluding carboxylic acids is 9. The van der Waals surface area contributed by atoms with Crippen molar-refractivity contribution in [3.8, 4) is 0 Å². The van der Waals surface area contributed by atoms with Crippen molar-refractivity contribution >= 4 is 54.2 Å². The number of imide groups is 2. The maximum absolute atomic E-state index is 12.6. The van der Waals surface area contributed by atoms with E-state index in [1.54, 1.807) is 94.8 Å². The number of nitrogens with zero attached hydrogens (tertiary/aromatic N) is 4. The Kier molecular flexibility index (Phi) is 35.8. The number of carbonyl (C=O) groups is 9. The number of hydrogen-bond acceptors (Lipinski definition) is 22. The van der Waals surface area contributed by atoms with Gasteiger partial charge in [-0.25, -0.2) is 24.0 Å².